The molecule has 0 unspecified atom stereocenters. The van der Waals surface area contributed by atoms with Crippen LogP contribution in [0, 0.1) is 17.8 Å². The Morgan fingerprint density at radius 2 is 1.20 bits per heavy atom. The van der Waals surface area contributed by atoms with Gasteiger partial charge in [-0.1, -0.05) is 131 Å². The number of benzene rings is 2. The van der Waals surface area contributed by atoms with Crippen molar-refractivity contribution >= 4 is 102 Å². The number of amides is 12. The highest BCUT2D eigenvalue weighted by Crippen LogP contribution is 2.41. The predicted molar refractivity (Wildman–Crippen MR) is 407 cm³/mol. The van der Waals surface area contributed by atoms with Gasteiger partial charge in [-0.2, -0.15) is 0 Å². The number of aliphatic imine (C=N–C) groups is 1. The number of likely N-dealkylation sites (N-methyl/N-ethyl adjacent to an activating group) is 1. The number of aliphatic hydroxyl groups excluding tert-OH is 1. The summed E-state index contributed by atoms with van der Waals surface area (Å²) < 4.78 is 0. The summed E-state index contributed by atoms with van der Waals surface area (Å²) >= 11 is 0. The van der Waals surface area contributed by atoms with Crippen LogP contribution in [0.4, 0.5) is 0 Å². The van der Waals surface area contributed by atoms with Crippen LogP contribution in [0.25, 0.3) is 10.9 Å². The molecule has 32 heteroatoms. The Labute approximate surface area is 623 Å². The molecule has 585 valence electrons. The molecule has 0 fully saturated rings. The van der Waals surface area contributed by atoms with E-state index in [9.17, 15) is 62.6 Å². The Hall–Kier alpha value is -9.72. The summed E-state index contributed by atoms with van der Waals surface area (Å²) in [6.45, 7) is 25.3. The van der Waals surface area contributed by atoms with Crippen molar-refractivity contribution in [1.29, 1.82) is 0 Å². The molecule has 9 atom stereocenters. The number of carbonyl (C=O) groups excluding carboxylic acids is 12. The number of hydrogen-bond donors (Lipinski definition) is 16. The average molecular weight is 1490 g/mol. The molecule has 0 bridgehead atoms. The summed E-state index contributed by atoms with van der Waals surface area (Å²) in [4.78, 5) is 178. The number of primary amides is 2. The number of imidazole rings is 1. The van der Waals surface area contributed by atoms with E-state index in [0.717, 1.165) is 21.4 Å². The third-order valence-electron chi connectivity index (χ3n) is 17.6. The van der Waals surface area contributed by atoms with E-state index in [0.29, 0.717) is 24.1 Å². The average Bonchev–Trinajstić information content (AvgIpc) is 1.53. The fourth-order valence-corrected chi connectivity index (χ4v) is 17.2. The number of unbranched alkanes of at least 4 members (excludes halogenated alkanes) is 1. The van der Waals surface area contributed by atoms with Crippen molar-refractivity contribution in [1.82, 2.24) is 67.7 Å². The second kappa shape index (κ2) is 42.4. The number of fused-ring (bicyclic) bond motifs is 1. The molecule has 106 heavy (non-hydrogen) atoms. The molecule has 0 spiro atoms. The number of para-hydroxylation sites is 1. The lowest BCUT2D eigenvalue weighted by atomic mass is 9.96. The van der Waals surface area contributed by atoms with Crippen LogP contribution in [-0.4, -0.2) is 192 Å². The molecule has 12 amide bonds. The van der Waals surface area contributed by atoms with Gasteiger partial charge in [0, 0.05) is 74.8 Å². The van der Waals surface area contributed by atoms with Gasteiger partial charge in [-0.3, -0.25) is 62.5 Å². The van der Waals surface area contributed by atoms with Crippen LogP contribution < -0.4 is 76.0 Å². The van der Waals surface area contributed by atoms with E-state index in [4.69, 9.17) is 22.9 Å². The van der Waals surface area contributed by atoms with Gasteiger partial charge in [0.25, 0.3) is 0 Å². The first-order valence-corrected chi connectivity index (χ1v) is 37.9. The zero-order valence-corrected chi connectivity index (χ0v) is 65.1. The van der Waals surface area contributed by atoms with E-state index in [1.807, 2.05) is 52.0 Å². The highest BCUT2D eigenvalue weighted by atomic mass is 28.3. The number of rotatable bonds is 44. The van der Waals surface area contributed by atoms with Crippen LogP contribution in [0.3, 0.4) is 0 Å². The fourth-order valence-electron chi connectivity index (χ4n) is 12.7. The monoisotopic (exact) mass is 1490 g/mol. The van der Waals surface area contributed by atoms with Gasteiger partial charge in [0.05, 0.1) is 46.7 Å². The smallest absolute Gasteiger partial charge is 0.245 e. The van der Waals surface area contributed by atoms with E-state index < -0.39 is 147 Å². The molecule has 0 aliphatic rings. The van der Waals surface area contributed by atoms with Gasteiger partial charge in [0.15, 0.2) is 5.96 Å². The van der Waals surface area contributed by atoms with Crippen LogP contribution in [0.15, 0.2) is 72.2 Å². The minimum atomic E-state index is -1.42. The number of aliphatic hydroxyl groups is 1. The topological polar surface area (TPSA) is 497 Å². The maximum Gasteiger partial charge on any atom is 0.245 e. The number of carbonyl (C=O) groups is 12. The van der Waals surface area contributed by atoms with Crippen LogP contribution >= 0.6 is 0 Å². The molecule has 20 N–H and O–H groups in total. The third-order valence-corrected chi connectivity index (χ3v) is 21.5. The molecule has 2 aromatic heterocycles. The van der Waals surface area contributed by atoms with Gasteiger partial charge < -0.3 is 90.8 Å². The number of nitrogens with two attached hydrogens (primary N) is 4. The normalized spacial score (nSPS) is 14.3. The van der Waals surface area contributed by atoms with Crippen molar-refractivity contribution in [2.45, 2.75) is 238 Å². The van der Waals surface area contributed by atoms with Crippen LogP contribution in [0.2, 0.25) is 10.1 Å². The Balaban J connectivity index is 1.43. The van der Waals surface area contributed by atoms with Crippen molar-refractivity contribution in [3.63, 3.8) is 0 Å². The van der Waals surface area contributed by atoms with Crippen molar-refractivity contribution in [3.8, 4) is 0 Å². The zero-order chi connectivity index (χ0) is 79.3. The van der Waals surface area contributed by atoms with E-state index in [2.05, 4.69) is 121 Å². The van der Waals surface area contributed by atoms with Gasteiger partial charge in [0.1, 0.15) is 42.3 Å². The SMILES string of the molecule is CC(C)C[C@H](NC(=O)C[C@H](O)[C@H](CC(C)C)NC(=O)[C@H](Cc1cnc[nH]1)NC(=O)CN(C)C(=O)[C@@H](NC(=O)[C@H](C)NC(=O)[C@H](Cc1c[nH]c2ccccc12)NC(=O)[C@H](CCC(N)=O)NC(=O)CCCCNC(=O)[C@H](CCCN=C(N)N)NC(=O)Cc1ccc([Si](C(C)(C)C)C(C)(C)C)cc1)C(C)C)C(N)=O. The van der Waals surface area contributed by atoms with E-state index >= 15 is 0 Å². The molecule has 31 nitrogen and oxygen atoms in total. The number of aromatic nitrogens is 3. The lowest BCUT2D eigenvalue weighted by Gasteiger charge is -2.39. The van der Waals surface area contributed by atoms with Crippen LogP contribution in [-0.2, 0) is 76.8 Å². The summed E-state index contributed by atoms with van der Waals surface area (Å²) in [7, 11) is 0.306. The molecule has 1 radical (unpaired) electrons. The van der Waals surface area contributed by atoms with Crippen molar-refractivity contribution in [3.05, 3.63) is 84.1 Å². The number of H-pyrrole nitrogens is 2. The number of hydrogen-bond acceptors (Lipinski definition) is 15. The van der Waals surface area contributed by atoms with E-state index in [-0.39, 0.29) is 111 Å². The van der Waals surface area contributed by atoms with Crippen molar-refractivity contribution in [2.24, 2.45) is 45.7 Å². The first kappa shape index (κ1) is 88.7. The first-order chi connectivity index (χ1) is 49.6. The molecular weight excluding hydrogens is 1380 g/mol. The molecule has 2 aromatic carbocycles. The van der Waals surface area contributed by atoms with Crippen molar-refractivity contribution < 1.29 is 62.6 Å². The van der Waals surface area contributed by atoms with E-state index in [1.165, 1.54) is 31.7 Å². The Morgan fingerprint density at radius 1 is 0.604 bits per heavy atom. The Kier molecular flexibility index (Phi) is 35.5. The summed E-state index contributed by atoms with van der Waals surface area (Å²) in [6, 6.07) is 5.72. The highest BCUT2D eigenvalue weighted by Gasteiger charge is 2.39. The second-order valence-corrected chi connectivity index (χ2v) is 34.9. The molecular formula is C74H117N18O13Si. The quantitative estimate of drug-likeness (QED) is 0.0128. The number of nitrogens with zero attached hydrogens (tertiary/aromatic N) is 3. The molecule has 0 aliphatic heterocycles. The Morgan fingerprint density at radius 3 is 1.79 bits per heavy atom. The number of guanidine groups is 1. The number of aromatic amines is 2. The second-order valence-electron chi connectivity index (χ2n) is 30.5. The first-order valence-electron chi connectivity index (χ1n) is 36.4. The summed E-state index contributed by atoms with van der Waals surface area (Å²) in [5.41, 5.74) is 24.7. The lowest BCUT2D eigenvalue weighted by molar-refractivity contribution is -0.140. The van der Waals surface area contributed by atoms with Gasteiger partial charge in [-0.05, 0) is 96.9 Å². The summed E-state index contributed by atoms with van der Waals surface area (Å²) in [5, 5.41) is 37.9. The van der Waals surface area contributed by atoms with Gasteiger partial charge in [-0.15, -0.1) is 0 Å². The van der Waals surface area contributed by atoms with Crippen LogP contribution in [0.1, 0.15) is 171 Å². The standard InChI is InChI=1S/C74H117N18O13Si/c1-42(2)32-54(58(93)37-62(97)87-55(65(76)99)33-43(3)4)89-70(104)57(36-48-39-79-41-83-48)88-63(98)40-92(14)71(105)64(44(5)6)91-66(100)45(7)84-69(103)56(35-47-38-82-51-21-16-15-20-50(47)51)90-68(102)53(28-29-59(75)94)85-60(95)23-17-18-30-80-67(101)52(22-19-31-81-72(77)78)86-61(96)34-46-24-26-49(27-25-46)106(73(8,9)10)74(11,12)13/h15-16,20-21,24-27,38-39,41-45,52-58,64,82,93H,17-19,22-23,28-37,40H2,1-14H3,(H2,75,94)(H2,76,99)(H,79,83)(H,80,101)(H,84,103)(H,85,95)(H,86,96)(H,87,97)(H,88,98)(H,89,104)(H,90,102)(H,91,100)(H4,77,78,81)/t45-,52-,53-,54-,55-,56-,57-,58-,64-/m0/s1. The summed E-state index contributed by atoms with van der Waals surface area (Å²) in [6.07, 6.45) is 3.31. The van der Waals surface area contributed by atoms with E-state index in [1.54, 1.807) is 32.2 Å². The van der Waals surface area contributed by atoms with Crippen molar-refractivity contribution in [2.75, 3.05) is 26.7 Å². The minimum Gasteiger partial charge on any atom is -0.390 e. The van der Waals surface area contributed by atoms with Gasteiger partial charge in [0.2, 0.25) is 70.9 Å². The largest absolute Gasteiger partial charge is 0.390 e. The molecule has 0 saturated heterocycles. The molecule has 2 heterocycles. The zero-order valence-electron chi connectivity index (χ0n) is 64.1. The summed E-state index contributed by atoms with van der Waals surface area (Å²) in [5.74, 6) is -9.05. The predicted octanol–water partition coefficient (Wildman–Crippen LogP) is 1.17. The third kappa shape index (κ3) is 30.8. The van der Waals surface area contributed by atoms with Gasteiger partial charge >= 0.3 is 0 Å². The van der Waals surface area contributed by atoms with Gasteiger partial charge in [-0.25, -0.2) is 4.98 Å². The fraction of sp³-hybridized carbons (Fsp3) is 0.595. The highest BCUT2D eigenvalue weighted by molar-refractivity contribution is 6.78. The van der Waals surface area contributed by atoms with Crippen LogP contribution in [0.5, 0.6) is 0 Å². The minimum absolute atomic E-state index is 0.0202. The molecule has 4 aromatic rings. The maximum absolute atomic E-state index is 14.5. The Bertz CT molecular complexity index is 3610. The molecule has 0 saturated carbocycles. The maximum atomic E-state index is 14.5. The number of nitrogens with one attached hydrogen (secondary N) is 11. The lowest BCUT2D eigenvalue weighted by Crippen LogP contribution is -2.59. The molecule has 4 rings (SSSR count). The molecule has 0 aliphatic carbocycles.